The van der Waals surface area contributed by atoms with Crippen molar-refractivity contribution in [2.24, 2.45) is 0 Å². The second-order valence-corrected chi connectivity index (χ2v) is 5.66. The van der Waals surface area contributed by atoms with E-state index in [9.17, 15) is 9.90 Å². The molecule has 0 unspecified atom stereocenters. The van der Waals surface area contributed by atoms with E-state index in [4.69, 9.17) is 9.26 Å². The molecule has 1 aliphatic rings. The van der Waals surface area contributed by atoms with Crippen LogP contribution in [-0.2, 0) is 6.42 Å². The molecule has 1 amide bonds. The van der Waals surface area contributed by atoms with Gasteiger partial charge in [0.15, 0.2) is 0 Å². The molecule has 2 atom stereocenters. The molecule has 0 saturated carbocycles. The van der Waals surface area contributed by atoms with Crippen molar-refractivity contribution in [3.05, 3.63) is 47.3 Å². The van der Waals surface area contributed by atoms with Crippen LogP contribution in [0.25, 0.3) is 0 Å². The number of aromatic nitrogens is 1. The van der Waals surface area contributed by atoms with Gasteiger partial charge in [-0.15, -0.1) is 0 Å². The summed E-state index contributed by atoms with van der Waals surface area (Å²) in [4.78, 5) is 14.3. The van der Waals surface area contributed by atoms with Crippen LogP contribution in [0, 0.1) is 6.92 Å². The Morgan fingerprint density at radius 3 is 2.83 bits per heavy atom. The molecule has 0 spiro atoms. The number of aryl methyl sites for hydroxylation is 2. The van der Waals surface area contributed by atoms with E-state index in [1.54, 1.807) is 11.8 Å². The molecule has 2 heterocycles. The minimum Gasteiger partial charge on any atom is -0.486 e. The Labute approximate surface area is 134 Å². The lowest BCUT2D eigenvalue weighted by Crippen LogP contribution is -2.31. The molecule has 0 radical (unpaired) electrons. The Morgan fingerprint density at radius 1 is 1.39 bits per heavy atom. The highest BCUT2D eigenvalue weighted by Gasteiger charge is 2.37. The molecule has 3 rings (SSSR count). The molecule has 23 heavy (non-hydrogen) atoms. The summed E-state index contributed by atoms with van der Waals surface area (Å²) in [6.07, 6.45) is -0.533. The topological polar surface area (TPSA) is 75.8 Å². The molecular weight excluding hydrogens is 296 g/mol. The van der Waals surface area contributed by atoms with E-state index in [2.05, 4.69) is 5.16 Å². The molecule has 1 fully saturated rings. The fraction of sp³-hybridized carbons (Fsp3) is 0.412. The number of carbonyl (C=O) groups excluding carboxylic acids is 1. The first-order valence-corrected chi connectivity index (χ1v) is 7.74. The normalized spacial score (nSPS) is 20.7. The van der Waals surface area contributed by atoms with Crippen LogP contribution in [0.1, 0.15) is 28.7 Å². The smallest absolute Gasteiger partial charge is 0.259 e. The van der Waals surface area contributed by atoms with Gasteiger partial charge in [0.2, 0.25) is 0 Å². The van der Waals surface area contributed by atoms with Crippen LogP contribution in [0.4, 0.5) is 0 Å². The molecule has 1 saturated heterocycles. The number of benzene rings is 1. The molecule has 1 aromatic carbocycles. The van der Waals surface area contributed by atoms with Crippen molar-refractivity contribution >= 4 is 5.91 Å². The highest BCUT2D eigenvalue weighted by Crippen LogP contribution is 2.23. The van der Waals surface area contributed by atoms with Gasteiger partial charge in [-0.1, -0.05) is 30.3 Å². The number of likely N-dealkylation sites (tertiary alicyclic amines) is 1. The third kappa shape index (κ3) is 3.07. The summed E-state index contributed by atoms with van der Waals surface area (Å²) >= 11 is 0. The first-order valence-electron chi connectivity index (χ1n) is 7.74. The molecular formula is C17H20N2O4. The average Bonchev–Trinajstić information content (AvgIpc) is 3.11. The summed E-state index contributed by atoms with van der Waals surface area (Å²) in [7, 11) is 0. The van der Waals surface area contributed by atoms with E-state index in [0.29, 0.717) is 35.7 Å². The number of β-amino-alcohol motifs (C(OH)–C–C–N with tert-alkyl or cyclic N) is 1. The third-order valence-corrected chi connectivity index (χ3v) is 4.04. The zero-order valence-corrected chi connectivity index (χ0v) is 13.2. The van der Waals surface area contributed by atoms with Crippen LogP contribution in [0.5, 0.6) is 5.75 Å². The minimum absolute atomic E-state index is 0.168. The number of hydrogen-bond acceptors (Lipinski definition) is 5. The second kappa shape index (κ2) is 6.42. The Bertz CT molecular complexity index is 683. The number of ether oxygens (including phenoxy) is 1. The van der Waals surface area contributed by atoms with Crippen molar-refractivity contribution in [2.45, 2.75) is 32.5 Å². The Kier molecular flexibility index (Phi) is 4.34. The van der Waals surface area contributed by atoms with Gasteiger partial charge in [-0.25, -0.2) is 0 Å². The fourth-order valence-electron chi connectivity index (χ4n) is 2.80. The average molecular weight is 316 g/mol. The molecule has 2 aromatic rings. The maximum atomic E-state index is 12.7. The molecule has 1 aromatic heterocycles. The number of carbonyl (C=O) groups is 1. The second-order valence-electron chi connectivity index (χ2n) is 5.66. The van der Waals surface area contributed by atoms with Gasteiger partial charge in [0.05, 0.1) is 18.8 Å². The van der Waals surface area contributed by atoms with Crippen molar-refractivity contribution in [1.82, 2.24) is 10.1 Å². The zero-order valence-electron chi connectivity index (χ0n) is 13.2. The lowest BCUT2D eigenvalue weighted by molar-refractivity contribution is 0.0729. The SMILES string of the molecule is CCc1noc(C)c1C(=O)N1C[C@@H](O)[C@H](Oc2ccccc2)C1. The van der Waals surface area contributed by atoms with Crippen molar-refractivity contribution in [3.63, 3.8) is 0 Å². The van der Waals surface area contributed by atoms with E-state index in [1.165, 1.54) is 0 Å². The number of nitrogens with zero attached hydrogens (tertiary/aromatic N) is 2. The highest BCUT2D eigenvalue weighted by molar-refractivity contribution is 5.96. The number of aliphatic hydroxyl groups excluding tert-OH is 1. The summed E-state index contributed by atoms with van der Waals surface area (Å²) < 4.78 is 10.9. The van der Waals surface area contributed by atoms with Crippen LogP contribution in [0.3, 0.4) is 0 Å². The Morgan fingerprint density at radius 2 is 2.13 bits per heavy atom. The number of aliphatic hydroxyl groups is 1. The first-order chi connectivity index (χ1) is 11.1. The van der Waals surface area contributed by atoms with Crippen LogP contribution < -0.4 is 4.74 Å². The van der Waals surface area contributed by atoms with Crippen LogP contribution in [0.2, 0.25) is 0 Å². The standard InChI is InChI=1S/C17H20N2O4/c1-3-13-16(11(2)23-18-13)17(21)19-9-14(20)15(10-19)22-12-7-5-4-6-8-12/h4-8,14-15,20H,3,9-10H2,1-2H3/t14-,15-/m1/s1. The summed E-state index contributed by atoms with van der Waals surface area (Å²) in [5, 5.41) is 14.1. The lowest BCUT2D eigenvalue weighted by atomic mass is 10.1. The van der Waals surface area contributed by atoms with Gasteiger partial charge in [0, 0.05) is 0 Å². The van der Waals surface area contributed by atoms with Gasteiger partial charge in [0.25, 0.3) is 5.91 Å². The van der Waals surface area contributed by atoms with Gasteiger partial charge in [0.1, 0.15) is 29.3 Å². The van der Waals surface area contributed by atoms with E-state index >= 15 is 0 Å². The Hall–Kier alpha value is -2.34. The van der Waals surface area contributed by atoms with Crippen LogP contribution >= 0.6 is 0 Å². The number of rotatable bonds is 4. The van der Waals surface area contributed by atoms with Gasteiger partial charge < -0.3 is 19.3 Å². The van der Waals surface area contributed by atoms with E-state index in [0.717, 1.165) is 0 Å². The summed E-state index contributed by atoms with van der Waals surface area (Å²) in [5.74, 6) is 1.02. The fourth-order valence-corrected chi connectivity index (χ4v) is 2.80. The molecule has 1 aliphatic heterocycles. The molecule has 6 heteroatoms. The van der Waals surface area contributed by atoms with Crippen molar-refractivity contribution in [3.8, 4) is 5.75 Å². The summed E-state index contributed by atoms with van der Waals surface area (Å²) in [5.41, 5.74) is 1.15. The maximum absolute atomic E-state index is 12.7. The number of hydrogen-bond donors (Lipinski definition) is 1. The van der Waals surface area contributed by atoms with Gasteiger partial charge in [-0.3, -0.25) is 4.79 Å². The largest absolute Gasteiger partial charge is 0.486 e. The van der Waals surface area contributed by atoms with Gasteiger partial charge in [-0.05, 0) is 25.5 Å². The molecule has 0 aliphatic carbocycles. The van der Waals surface area contributed by atoms with Crippen LogP contribution in [0.15, 0.2) is 34.9 Å². The predicted octanol–water partition coefficient (Wildman–Crippen LogP) is 1.81. The predicted molar refractivity (Wildman–Crippen MR) is 83.4 cm³/mol. The quantitative estimate of drug-likeness (QED) is 0.931. The zero-order chi connectivity index (χ0) is 16.4. The maximum Gasteiger partial charge on any atom is 0.259 e. The molecule has 0 bridgehead atoms. The monoisotopic (exact) mass is 316 g/mol. The first kappa shape index (κ1) is 15.6. The molecule has 6 nitrogen and oxygen atoms in total. The van der Waals surface area contributed by atoms with Crippen LogP contribution in [-0.4, -0.2) is 46.4 Å². The number of para-hydroxylation sites is 1. The highest BCUT2D eigenvalue weighted by atomic mass is 16.5. The van der Waals surface area contributed by atoms with E-state index in [1.807, 2.05) is 37.3 Å². The van der Waals surface area contributed by atoms with Gasteiger partial charge in [-0.2, -0.15) is 0 Å². The lowest BCUT2D eigenvalue weighted by Gasteiger charge is -2.17. The Balaban J connectivity index is 1.73. The van der Waals surface area contributed by atoms with Crippen molar-refractivity contribution in [1.29, 1.82) is 0 Å². The summed E-state index contributed by atoms with van der Waals surface area (Å²) in [6.45, 7) is 4.23. The molecule has 1 N–H and O–H groups in total. The van der Waals surface area contributed by atoms with E-state index in [-0.39, 0.29) is 12.5 Å². The summed E-state index contributed by atoms with van der Waals surface area (Å²) in [6, 6.07) is 9.29. The minimum atomic E-state index is -0.718. The molecule has 122 valence electrons. The number of amides is 1. The van der Waals surface area contributed by atoms with Crippen molar-refractivity contribution in [2.75, 3.05) is 13.1 Å². The third-order valence-electron chi connectivity index (χ3n) is 4.04. The van der Waals surface area contributed by atoms with Crippen molar-refractivity contribution < 1.29 is 19.2 Å². The van der Waals surface area contributed by atoms with E-state index < -0.39 is 12.2 Å². The van der Waals surface area contributed by atoms with Gasteiger partial charge >= 0.3 is 0 Å².